The molecule has 2 aromatic heterocycles. The fourth-order valence-electron chi connectivity index (χ4n) is 5.06. The van der Waals surface area contributed by atoms with Crippen LogP contribution in [0.25, 0.3) is 11.5 Å². The second-order valence-corrected chi connectivity index (χ2v) is 9.85. The first-order chi connectivity index (χ1) is 18.4. The van der Waals surface area contributed by atoms with E-state index in [-0.39, 0.29) is 11.8 Å². The summed E-state index contributed by atoms with van der Waals surface area (Å²) in [7, 11) is 0. The number of hydrogen-bond acceptors (Lipinski definition) is 2. The molecule has 1 N–H and O–H groups in total. The zero-order valence-electron chi connectivity index (χ0n) is 20.9. The van der Waals surface area contributed by atoms with Crippen molar-refractivity contribution >= 4 is 23.3 Å². The number of benzene rings is 3. The van der Waals surface area contributed by atoms with E-state index in [2.05, 4.69) is 9.88 Å². The van der Waals surface area contributed by atoms with Crippen LogP contribution in [0.2, 0.25) is 5.02 Å². The van der Waals surface area contributed by atoms with Crippen molar-refractivity contribution in [1.82, 2.24) is 19.2 Å². The largest absolute Gasteiger partial charge is 0.322 e. The van der Waals surface area contributed by atoms with Gasteiger partial charge in [0.05, 0.1) is 29.7 Å². The molecule has 190 valence electrons. The van der Waals surface area contributed by atoms with Gasteiger partial charge in [0.1, 0.15) is 11.6 Å². The minimum atomic E-state index is -0.485. The molecule has 1 atom stereocenters. The number of fused-ring (bicyclic) bond motifs is 3. The normalized spacial score (nSPS) is 14.5. The van der Waals surface area contributed by atoms with Crippen molar-refractivity contribution in [3.8, 4) is 11.5 Å². The molecule has 6 rings (SSSR count). The molecule has 1 aliphatic heterocycles. The number of aryl methyl sites for hydroxylation is 2. The van der Waals surface area contributed by atoms with Crippen molar-refractivity contribution < 1.29 is 9.18 Å². The molecule has 0 fully saturated rings. The Kier molecular flexibility index (Phi) is 6.00. The van der Waals surface area contributed by atoms with Crippen LogP contribution < -0.4 is 5.32 Å². The van der Waals surface area contributed by atoms with Gasteiger partial charge >= 0.3 is 6.03 Å². The number of amides is 2. The summed E-state index contributed by atoms with van der Waals surface area (Å²) in [4.78, 5) is 15.8. The quantitative estimate of drug-likeness (QED) is 0.270. The van der Waals surface area contributed by atoms with Crippen LogP contribution in [0, 0.1) is 19.7 Å². The summed E-state index contributed by atoms with van der Waals surface area (Å²) in [6.07, 6.45) is 1.98. The van der Waals surface area contributed by atoms with Crippen LogP contribution in [-0.4, -0.2) is 25.3 Å². The third-order valence-corrected chi connectivity index (χ3v) is 7.21. The van der Waals surface area contributed by atoms with Gasteiger partial charge in [0, 0.05) is 22.5 Å². The number of nitrogens with zero attached hydrogens (tertiary/aromatic N) is 4. The summed E-state index contributed by atoms with van der Waals surface area (Å²) < 4.78 is 17.9. The summed E-state index contributed by atoms with van der Waals surface area (Å²) in [5.74, 6) is 0.539. The minimum Gasteiger partial charge on any atom is -0.307 e. The average molecular weight is 526 g/mol. The molecule has 1 aliphatic rings. The van der Waals surface area contributed by atoms with Gasteiger partial charge < -0.3 is 14.8 Å². The van der Waals surface area contributed by atoms with E-state index < -0.39 is 6.04 Å². The molecule has 0 saturated carbocycles. The molecule has 8 heteroatoms. The lowest BCUT2D eigenvalue weighted by Gasteiger charge is -2.31. The van der Waals surface area contributed by atoms with Gasteiger partial charge in [0.2, 0.25) is 0 Å². The molecule has 0 saturated heterocycles. The lowest BCUT2D eigenvalue weighted by molar-refractivity contribution is 0.194. The van der Waals surface area contributed by atoms with E-state index >= 15 is 0 Å². The highest BCUT2D eigenvalue weighted by Crippen LogP contribution is 2.39. The van der Waals surface area contributed by atoms with Gasteiger partial charge in [-0.15, -0.1) is 0 Å². The Morgan fingerprint density at radius 1 is 1.00 bits per heavy atom. The van der Waals surface area contributed by atoms with Gasteiger partial charge in [-0.05, 0) is 73.5 Å². The highest BCUT2D eigenvalue weighted by molar-refractivity contribution is 6.31. The third kappa shape index (κ3) is 4.15. The van der Waals surface area contributed by atoms with E-state index in [0.717, 1.165) is 39.6 Å². The van der Waals surface area contributed by atoms with E-state index in [9.17, 15) is 9.18 Å². The van der Waals surface area contributed by atoms with Crippen LogP contribution >= 0.6 is 11.6 Å². The number of nitrogens with one attached hydrogen (secondary N) is 1. The second-order valence-electron chi connectivity index (χ2n) is 9.41. The Balaban J connectivity index is 1.54. The first-order valence-electron chi connectivity index (χ1n) is 12.3. The highest BCUT2D eigenvalue weighted by Gasteiger charge is 2.36. The van der Waals surface area contributed by atoms with E-state index in [1.54, 1.807) is 29.2 Å². The number of carbonyl (C=O) groups is 1. The maximum absolute atomic E-state index is 14.0. The second kappa shape index (κ2) is 9.50. The summed E-state index contributed by atoms with van der Waals surface area (Å²) in [6, 6.07) is 24.8. The number of para-hydroxylation sites is 1. The van der Waals surface area contributed by atoms with Crippen LogP contribution in [0.3, 0.4) is 0 Å². The lowest BCUT2D eigenvalue weighted by atomic mass is 10.0. The molecule has 2 amide bonds. The van der Waals surface area contributed by atoms with E-state index in [0.29, 0.717) is 17.3 Å². The van der Waals surface area contributed by atoms with Crippen molar-refractivity contribution in [3.05, 3.63) is 130 Å². The summed E-state index contributed by atoms with van der Waals surface area (Å²) in [6.45, 7) is 4.17. The number of carbonyl (C=O) groups excluding carboxylic acids is 1. The molecule has 0 unspecified atom stereocenters. The maximum atomic E-state index is 14.0. The third-order valence-electron chi connectivity index (χ3n) is 6.97. The SMILES string of the molecule is Cc1ccc(Cl)cc1NC(=O)N1Cc2c(C)nn(-c3ccccc3)c2-n2cccc2[C@@H]1c1ccc(F)cc1. The van der Waals surface area contributed by atoms with Gasteiger partial charge in [0.15, 0.2) is 0 Å². The van der Waals surface area contributed by atoms with E-state index in [4.69, 9.17) is 16.7 Å². The van der Waals surface area contributed by atoms with Crippen LogP contribution in [0.1, 0.15) is 34.1 Å². The van der Waals surface area contributed by atoms with Crippen LogP contribution in [-0.2, 0) is 6.54 Å². The van der Waals surface area contributed by atoms with E-state index in [1.165, 1.54) is 12.1 Å². The molecular weight excluding hydrogens is 501 g/mol. The molecule has 3 aromatic carbocycles. The zero-order valence-corrected chi connectivity index (χ0v) is 21.7. The van der Waals surface area contributed by atoms with Gasteiger partial charge in [0.25, 0.3) is 0 Å². The molecule has 38 heavy (non-hydrogen) atoms. The molecule has 6 nitrogen and oxygen atoms in total. The predicted molar refractivity (Wildman–Crippen MR) is 147 cm³/mol. The summed E-state index contributed by atoms with van der Waals surface area (Å²) >= 11 is 6.24. The molecule has 0 aliphatic carbocycles. The fourth-order valence-corrected chi connectivity index (χ4v) is 5.23. The Morgan fingerprint density at radius 3 is 2.53 bits per heavy atom. The monoisotopic (exact) mass is 525 g/mol. The van der Waals surface area contributed by atoms with Gasteiger partial charge in [-0.25, -0.2) is 13.9 Å². The first kappa shape index (κ1) is 24.0. The Bertz CT molecular complexity index is 1640. The standard InChI is InChI=1S/C30H25ClFN5O/c1-19-10-13-22(31)17-26(19)33-30(38)36-18-25-20(2)34-37(24-7-4-3-5-8-24)29(25)35-16-6-9-27(35)28(36)21-11-14-23(32)15-12-21/h3-17,28H,18H2,1-2H3,(H,33,38)/t28-/m0/s1. The number of rotatable bonds is 3. The van der Waals surface area contributed by atoms with Crippen molar-refractivity contribution in [2.75, 3.05) is 5.32 Å². The van der Waals surface area contributed by atoms with Crippen molar-refractivity contribution in [1.29, 1.82) is 0 Å². The summed E-state index contributed by atoms with van der Waals surface area (Å²) in [5, 5.41) is 8.46. The van der Waals surface area contributed by atoms with Gasteiger partial charge in [-0.3, -0.25) is 0 Å². The maximum Gasteiger partial charge on any atom is 0.322 e. The molecule has 0 radical (unpaired) electrons. The average Bonchev–Trinajstić information content (AvgIpc) is 3.48. The van der Waals surface area contributed by atoms with Crippen molar-refractivity contribution in [3.63, 3.8) is 0 Å². The molecule has 3 heterocycles. The highest BCUT2D eigenvalue weighted by atomic mass is 35.5. The topological polar surface area (TPSA) is 55.1 Å². The minimum absolute atomic E-state index is 0.294. The fraction of sp³-hybridized carbons (Fsp3) is 0.133. The van der Waals surface area contributed by atoms with Crippen molar-refractivity contribution in [2.24, 2.45) is 0 Å². The molecule has 5 aromatic rings. The molecule has 0 spiro atoms. The Labute approximate surface area is 224 Å². The number of urea groups is 1. The Hall–Kier alpha value is -4.36. The number of anilines is 1. The van der Waals surface area contributed by atoms with Gasteiger partial charge in [-0.2, -0.15) is 5.10 Å². The molecular formula is C30H25ClFN5O. The lowest BCUT2D eigenvalue weighted by Crippen LogP contribution is -2.38. The van der Waals surface area contributed by atoms with Crippen molar-refractivity contribution in [2.45, 2.75) is 26.4 Å². The van der Waals surface area contributed by atoms with Crippen LogP contribution in [0.5, 0.6) is 0 Å². The van der Waals surface area contributed by atoms with E-state index in [1.807, 2.05) is 73.3 Å². The Morgan fingerprint density at radius 2 is 1.76 bits per heavy atom. The number of halogens is 2. The molecule has 0 bridgehead atoms. The number of hydrogen-bond donors (Lipinski definition) is 1. The van der Waals surface area contributed by atoms with Crippen LogP contribution in [0.4, 0.5) is 14.9 Å². The zero-order chi connectivity index (χ0) is 26.4. The summed E-state index contributed by atoms with van der Waals surface area (Å²) in [5.41, 5.74) is 5.86. The predicted octanol–water partition coefficient (Wildman–Crippen LogP) is 7.21. The first-order valence-corrected chi connectivity index (χ1v) is 12.7. The smallest absolute Gasteiger partial charge is 0.307 e. The number of aromatic nitrogens is 3. The van der Waals surface area contributed by atoms with Crippen LogP contribution in [0.15, 0.2) is 91.1 Å². The van der Waals surface area contributed by atoms with Gasteiger partial charge in [-0.1, -0.05) is 48.0 Å².